The van der Waals surface area contributed by atoms with Gasteiger partial charge in [0.15, 0.2) is 0 Å². The van der Waals surface area contributed by atoms with Crippen molar-refractivity contribution in [3.05, 3.63) is 64.1 Å². The van der Waals surface area contributed by atoms with E-state index in [2.05, 4.69) is 0 Å². The molecule has 0 saturated carbocycles. The molecule has 2 aromatic rings. The van der Waals surface area contributed by atoms with Crippen molar-refractivity contribution in [1.29, 1.82) is 0 Å². The lowest BCUT2D eigenvalue weighted by Gasteiger charge is -2.15. The van der Waals surface area contributed by atoms with E-state index >= 15 is 0 Å². The van der Waals surface area contributed by atoms with Crippen molar-refractivity contribution in [2.45, 2.75) is 10.8 Å². The van der Waals surface area contributed by atoms with Crippen LogP contribution in [-0.2, 0) is 10.8 Å². The highest BCUT2D eigenvalue weighted by atomic mass is 35.5. The predicted octanol–water partition coefficient (Wildman–Crippen LogP) is 3.84. The summed E-state index contributed by atoms with van der Waals surface area (Å²) in [5, 5.41) is 0.998. The highest BCUT2D eigenvalue weighted by molar-refractivity contribution is 7.85. The smallest absolute Gasteiger partial charge is 0.0589 e. The van der Waals surface area contributed by atoms with E-state index in [4.69, 9.17) is 28.9 Å². The van der Waals surface area contributed by atoms with E-state index in [1.807, 2.05) is 30.3 Å². The quantitative estimate of drug-likeness (QED) is 0.906. The molecular weight excluding hydrogens is 313 g/mol. The van der Waals surface area contributed by atoms with Gasteiger partial charge in [-0.1, -0.05) is 53.5 Å². The fourth-order valence-electron chi connectivity index (χ4n) is 1.95. The molecule has 0 aliphatic carbocycles. The maximum Gasteiger partial charge on any atom is 0.0589 e. The lowest BCUT2D eigenvalue weighted by molar-refractivity contribution is 0.673. The predicted molar refractivity (Wildman–Crippen MR) is 86.0 cm³/mol. The van der Waals surface area contributed by atoms with E-state index in [1.165, 1.54) is 0 Å². The maximum absolute atomic E-state index is 12.5. The summed E-state index contributed by atoms with van der Waals surface area (Å²) in [7, 11) is -1.23. The molecule has 2 unspecified atom stereocenters. The first kappa shape index (κ1) is 15.5. The zero-order valence-electron chi connectivity index (χ0n) is 10.8. The third-order valence-electron chi connectivity index (χ3n) is 3.05. The Balaban J connectivity index is 2.20. The van der Waals surface area contributed by atoms with Crippen molar-refractivity contribution in [2.75, 3.05) is 12.3 Å². The average molecular weight is 328 g/mol. The Labute approximate surface area is 131 Å². The van der Waals surface area contributed by atoms with E-state index in [9.17, 15) is 4.21 Å². The monoisotopic (exact) mass is 327 g/mol. The SMILES string of the molecule is NCC(CS(=O)c1cc(Cl)ccc1Cl)c1ccccc1. The second-order valence-electron chi connectivity index (χ2n) is 4.43. The minimum atomic E-state index is -1.23. The van der Waals surface area contributed by atoms with E-state index in [-0.39, 0.29) is 5.92 Å². The third-order valence-corrected chi connectivity index (χ3v) is 5.26. The van der Waals surface area contributed by atoms with Gasteiger partial charge in [0.05, 0.1) is 20.7 Å². The largest absolute Gasteiger partial charge is 0.330 e. The van der Waals surface area contributed by atoms with Crippen molar-refractivity contribution in [1.82, 2.24) is 0 Å². The molecular formula is C15H15Cl2NOS. The van der Waals surface area contributed by atoms with Gasteiger partial charge in [-0.05, 0) is 23.8 Å². The zero-order chi connectivity index (χ0) is 14.5. The van der Waals surface area contributed by atoms with Crippen molar-refractivity contribution >= 4 is 34.0 Å². The molecule has 5 heteroatoms. The van der Waals surface area contributed by atoms with Crippen molar-refractivity contribution in [3.63, 3.8) is 0 Å². The summed E-state index contributed by atoms with van der Waals surface area (Å²) in [6, 6.07) is 14.8. The fourth-order valence-corrected chi connectivity index (χ4v) is 3.98. The van der Waals surface area contributed by atoms with E-state index < -0.39 is 10.8 Å². The van der Waals surface area contributed by atoms with Gasteiger partial charge < -0.3 is 5.73 Å². The number of halogens is 2. The van der Waals surface area contributed by atoms with Gasteiger partial charge >= 0.3 is 0 Å². The number of hydrogen-bond acceptors (Lipinski definition) is 2. The Morgan fingerprint density at radius 1 is 1.10 bits per heavy atom. The summed E-state index contributed by atoms with van der Waals surface area (Å²) in [5.41, 5.74) is 6.89. The highest BCUT2D eigenvalue weighted by Gasteiger charge is 2.17. The van der Waals surface area contributed by atoms with Crippen LogP contribution in [0.15, 0.2) is 53.4 Å². The fraction of sp³-hybridized carbons (Fsp3) is 0.200. The Kier molecular flexibility index (Phi) is 5.61. The third kappa shape index (κ3) is 3.83. The van der Waals surface area contributed by atoms with Gasteiger partial charge in [0.25, 0.3) is 0 Å². The molecule has 2 rings (SSSR count). The van der Waals surface area contributed by atoms with Gasteiger partial charge in [-0.15, -0.1) is 0 Å². The van der Waals surface area contributed by atoms with Crippen molar-refractivity contribution < 1.29 is 4.21 Å². The molecule has 0 heterocycles. The number of hydrogen-bond donors (Lipinski definition) is 1. The molecule has 20 heavy (non-hydrogen) atoms. The summed E-state index contributed by atoms with van der Waals surface area (Å²) in [6.07, 6.45) is 0. The average Bonchev–Trinajstić information content (AvgIpc) is 2.48. The minimum absolute atomic E-state index is 0.0343. The topological polar surface area (TPSA) is 43.1 Å². The molecule has 106 valence electrons. The molecule has 2 atom stereocenters. The molecule has 0 spiro atoms. The molecule has 0 saturated heterocycles. The molecule has 0 aliphatic heterocycles. The van der Waals surface area contributed by atoms with Gasteiger partial charge in [0.1, 0.15) is 0 Å². The maximum atomic E-state index is 12.5. The number of nitrogens with two attached hydrogens (primary N) is 1. The van der Waals surface area contributed by atoms with Gasteiger partial charge in [-0.2, -0.15) is 0 Å². The molecule has 2 aromatic carbocycles. The van der Waals surface area contributed by atoms with Crippen LogP contribution in [0.25, 0.3) is 0 Å². The van der Waals surface area contributed by atoms with Crippen molar-refractivity contribution in [3.8, 4) is 0 Å². The van der Waals surface area contributed by atoms with Crippen LogP contribution in [0.4, 0.5) is 0 Å². The minimum Gasteiger partial charge on any atom is -0.330 e. The van der Waals surface area contributed by atoms with Crippen LogP contribution in [0.1, 0.15) is 11.5 Å². The first-order valence-corrected chi connectivity index (χ1v) is 8.27. The van der Waals surface area contributed by atoms with Crippen LogP contribution in [0, 0.1) is 0 Å². The summed E-state index contributed by atoms with van der Waals surface area (Å²) < 4.78 is 12.5. The van der Waals surface area contributed by atoms with Gasteiger partial charge in [0, 0.05) is 23.2 Å². The van der Waals surface area contributed by atoms with Crippen LogP contribution >= 0.6 is 23.2 Å². The van der Waals surface area contributed by atoms with Crippen LogP contribution in [0.5, 0.6) is 0 Å². The Hall–Kier alpha value is -0.870. The van der Waals surface area contributed by atoms with E-state index in [1.54, 1.807) is 18.2 Å². The molecule has 0 bridgehead atoms. The van der Waals surface area contributed by atoms with Crippen molar-refractivity contribution in [2.24, 2.45) is 5.73 Å². The van der Waals surface area contributed by atoms with Crippen LogP contribution in [0.2, 0.25) is 10.0 Å². The van der Waals surface area contributed by atoms with Crippen LogP contribution < -0.4 is 5.73 Å². The summed E-state index contributed by atoms with van der Waals surface area (Å²) in [4.78, 5) is 0.563. The second kappa shape index (κ2) is 7.23. The summed E-state index contributed by atoms with van der Waals surface area (Å²) in [6.45, 7) is 0.438. The molecule has 2 nitrogen and oxygen atoms in total. The summed E-state index contributed by atoms with van der Waals surface area (Å²) in [5.74, 6) is 0.465. The Bertz CT molecular complexity index is 604. The molecule has 0 radical (unpaired) electrons. The standard InChI is InChI=1S/C15H15Cl2NOS/c16-13-6-7-14(17)15(8-13)20(19)10-12(9-18)11-4-2-1-3-5-11/h1-8,12H,9-10,18H2. The lowest BCUT2D eigenvalue weighted by Crippen LogP contribution is -2.19. The molecule has 2 N–H and O–H groups in total. The summed E-state index contributed by atoms with van der Waals surface area (Å²) >= 11 is 12.0. The highest BCUT2D eigenvalue weighted by Crippen LogP contribution is 2.26. The van der Waals surface area contributed by atoms with E-state index in [0.29, 0.717) is 27.2 Å². The van der Waals surface area contributed by atoms with Gasteiger partial charge in [0.2, 0.25) is 0 Å². The number of benzene rings is 2. The molecule has 0 aromatic heterocycles. The van der Waals surface area contributed by atoms with Gasteiger partial charge in [-0.25, -0.2) is 0 Å². The normalized spacial score (nSPS) is 13.9. The van der Waals surface area contributed by atoms with Crippen LogP contribution in [0.3, 0.4) is 0 Å². The number of rotatable bonds is 5. The first-order chi connectivity index (χ1) is 9.61. The van der Waals surface area contributed by atoms with Crippen LogP contribution in [-0.4, -0.2) is 16.5 Å². The van der Waals surface area contributed by atoms with E-state index in [0.717, 1.165) is 5.56 Å². The lowest BCUT2D eigenvalue weighted by atomic mass is 10.0. The van der Waals surface area contributed by atoms with Gasteiger partial charge in [-0.3, -0.25) is 4.21 Å². The Morgan fingerprint density at radius 2 is 1.80 bits per heavy atom. The zero-order valence-corrected chi connectivity index (χ0v) is 13.1. The first-order valence-electron chi connectivity index (χ1n) is 6.20. The molecule has 0 aliphatic rings. The second-order valence-corrected chi connectivity index (χ2v) is 6.74. The molecule has 0 amide bonds. The Morgan fingerprint density at radius 3 is 2.45 bits per heavy atom. The molecule has 0 fully saturated rings.